The number of ether oxygens (including phenoxy) is 1. The van der Waals surface area contributed by atoms with Crippen LogP contribution in [0.25, 0.3) is 0 Å². The third kappa shape index (κ3) is 5.89. The van der Waals surface area contributed by atoms with E-state index >= 15 is 0 Å². The number of benzene rings is 1. The molecule has 1 fully saturated rings. The Hall–Kier alpha value is -2.10. The van der Waals surface area contributed by atoms with Crippen molar-refractivity contribution in [2.45, 2.75) is 25.4 Å². The molecule has 6 nitrogen and oxygen atoms in total. The molecule has 0 aromatic heterocycles. The van der Waals surface area contributed by atoms with Crippen LogP contribution in [0.3, 0.4) is 0 Å². The molecule has 0 spiro atoms. The molecule has 2 rings (SSSR count). The summed E-state index contributed by atoms with van der Waals surface area (Å²) in [5, 5.41) is 20.7. The molecule has 0 unspecified atom stereocenters. The number of quaternary nitrogens is 1. The topological polar surface area (TPSA) is 90.2 Å². The standard InChI is InChI=1S/C17H23N3O3/c18-11-14-4-6-16(7-5-14)23-13-15(21)12-19-8-2-10-20-9-1-3-17(20)22/h4-7,15,19,21H,1-3,8-10,12-13H2/p+1/t15-/m1/s1. The molecule has 1 aliphatic rings. The first-order valence-electron chi connectivity index (χ1n) is 8.09. The molecule has 0 bridgehead atoms. The number of nitrogens with two attached hydrogens (primary N) is 1. The summed E-state index contributed by atoms with van der Waals surface area (Å²) in [6.45, 7) is 3.39. The van der Waals surface area contributed by atoms with Crippen LogP contribution in [0.4, 0.5) is 0 Å². The van der Waals surface area contributed by atoms with Gasteiger partial charge in [0.1, 0.15) is 25.0 Å². The van der Waals surface area contributed by atoms with E-state index < -0.39 is 6.10 Å². The van der Waals surface area contributed by atoms with E-state index in [9.17, 15) is 9.90 Å². The maximum atomic E-state index is 11.4. The fourth-order valence-corrected chi connectivity index (χ4v) is 2.56. The molecule has 1 heterocycles. The number of amides is 1. The Labute approximate surface area is 136 Å². The Morgan fingerprint density at radius 1 is 1.39 bits per heavy atom. The van der Waals surface area contributed by atoms with Crippen LogP contribution in [-0.4, -0.2) is 54.8 Å². The first-order chi connectivity index (χ1) is 11.2. The summed E-state index contributed by atoms with van der Waals surface area (Å²) in [5.74, 6) is 0.913. The normalized spacial score (nSPS) is 15.5. The van der Waals surface area contributed by atoms with Crippen molar-refractivity contribution in [3.8, 4) is 11.8 Å². The van der Waals surface area contributed by atoms with E-state index in [0.717, 1.165) is 32.5 Å². The third-order valence-electron chi connectivity index (χ3n) is 3.87. The molecule has 1 aromatic carbocycles. The smallest absolute Gasteiger partial charge is 0.222 e. The van der Waals surface area contributed by atoms with Gasteiger partial charge in [-0.15, -0.1) is 0 Å². The summed E-state index contributed by atoms with van der Waals surface area (Å²) in [7, 11) is 0. The number of hydrogen-bond acceptors (Lipinski definition) is 4. The van der Waals surface area contributed by atoms with Gasteiger partial charge >= 0.3 is 0 Å². The third-order valence-corrected chi connectivity index (χ3v) is 3.87. The zero-order valence-electron chi connectivity index (χ0n) is 13.3. The number of likely N-dealkylation sites (tertiary alicyclic amines) is 1. The highest BCUT2D eigenvalue weighted by molar-refractivity contribution is 5.77. The van der Waals surface area contributed by atoms with Crippen molar-refractivity contribution in [1.29, 1.82) is 5.26 Å². The lowest BCUT2D eigenvalue weighted by Gasteiger charge is -2.15. The van der Waals surface area contributed by atoms with Crippen molar-refractivity contribution in [1.82, 2.24) is 4.90 Å². The predicted octanol–water partition coefficient (Wildman–Crippen LogP) is -0.126. The van der Waals surface area contributed by atoms with E-state index in [1.54, 1.807) is 24.3 Å². The van der Waals surface area contributed by atoms with Gasteiger partial charge in [0.25, 0.3) is 0 Å². The summed E-state index contributed by atoms with van der Waals surface area (Å²) >= 11 is 0. The first kappa shape index (κ1) is 17.3. The van der Waals surface area contributed by atoms with E-state index in [1.165, 1.54) is 0 Å². The van der Waals surface area contributed by atoms with Crippen LogP contribution in [-0.2, 0) is 4.79 Å². The van der Waals surface area contributed by atoms with Crippen LogP contribution in [0.1, 0.15) is 24.8 Å². The monoisotopic (exact) mass is 318 g/mol. The largest absolute Gasteiger partial charge is 0.491 e. The van der Waals surface area contributed by atoms with Gasteiger partial charge in [0.05, 0.1) is 18.2 Å². The molecule has 1 amide bonds. The molecule has 3 N–H and O–H groups in total. The van der Waals surface area contributed by atoms with Crippen LogP contribution in [0, 0.1) is 11.3 Å². The van der Waals surface area contributed by atoms with Gasteiger partial charge in [-0.25, -0.2) is 0 Å². The lowest BCUT2D eigenvalue weighted by Crippen LogP contribution is -2.86. The van der Waals surface area contributed by atoms with Crippen LogP contribution in [0.15, 0.2) is 24.3 Å². The highest BCUT2D eigenvalue weighted by Gasteiger charge is 2.19. The lowest BCUT2D eigenvalue weighted by atomic mass is 10.2. The molecule has 0 aliphatic carbocycles. The van der Waals surface area contributed by atoms with E-state index in [-0.39, 0.29) is 12.5 Å². The number of nitrogens with zero attached hydrogens (tertiary/aromatic N) is 2. The van der Waals surface area contributed by atoms with Gasteiger partial charge in [-0.1, -0.05) is 0 Å². The average Bonchev–Trinajstić information content (AvgIpc) is 2.98. The zero-order chi connectivity index (χ0) is 16.5. The number of aliphatic hydroxyl groups is 1. The van der Waals surface area contributed by atoms with Gasteiger partial charge < -0.3 is 20.1 Å². The quantitative estimate of drug-likeness (QED) is 0.621. The SMILES string of the molecule is N#Cc1ccc(OC[C@H](O)C[NH2+]CCCN2CCCC2=O)cc1. The van der Waals surface area contributed by atoms with Gasteiger partial charge in [0.2, 0.25) is 5.91 Å². The van der Waals surface area contributed by atoms with Gasteiger partial charge in [-0.2, -0.15) is 5.26 Å². The van der Waals surface area contributed by atoms with Crippen LogP contribution in [0.5, 0.6) is 5.75 Å². The first-order valence-corrected chi connectivity index (χ1v) is 8.09. The second-order valence-electron chi connectivity index (χ2n) is 5.75. The Balaban J connectivity index is 1.53. The van der Waals surface area contributed by atoms with Crippen molar-refractivity contribution in [2.24, 2.45) is 0 Å². The van der Waals surface area contributed by atoms with E-state index in [1.807, 2.05) is 16.3 Å². The maximum Gasteiger partial charge on any atom is 0.222 e. The molecule has 124 valence electrons. The van der Waals surface area contributed by atoms with Crippen molar-refractivity contribution in [2.75, 3.05) is 32.8 Å². The van der Waals surface area contributed by atoms with E-state index in [0.29, 0.717) is 24.3 Å². The Morgan fingerprint density at radius 2 is 2.17 bits per heavy atom. The van der Waals surface area contributed by atoms with Gasteiger partial charge in [0, 0.05) is 25.9 Å². The number of aliphatic hydroxyl groups excluding tert-OH is 1. The molecule has 1 aliphatic heterocycles. The average molecular weight is 318 g/mol. The van der Waals surface area contributed by atoms with Crippen LogP contribution < -0.4 is 10.1 Å². The second kappa shape index (κ2) is 9.13. The summed E-state index contributed by atoms with van der Waals surface area (Å²) in [6, 6.07) is 8.87. The second-order valence-corrected chi connectivity index (χ2v) is 5.75. The molecule has 1 aromatic rings. The van der Waals surface area contributed by atoms with Crippen molar-refractivity contribution >= 4 is 5.91 Å². The lowest BCUT2D eigenvalue weighted by molar-refractivity contribution is -0.661. The number of carbonyl (C=O) groups excluding carboxylic acids is 1. The Bertz CT molecular complexity index is 539. The van der Waals surface area contributed by atoms with Crippen LogP contribution >= 0.6 is 0 Å². The van der Waals surface area contributed by atoms with Crippen molar-refractivity contribution in [3.63, 3.8) is 0 Å². The Kier molecular flexibility index (Phi) is 6.85. The number of hydrogen-bond donors (Lipinski definition) is 2. The number of rotatable bonds is 9. The molecule has 0 radical (unpaired) electrons. The summed E-state index contributed by atoms with van der Waals surface area (Å²) in [5.41, 5.74) is 0.586. The molecule has 0 saturated carbocycles. The molecular weight excluding hydrogens is 294 g/mol. The number of carbonyl (C=O) groups is 1. The minimum absolute atomic E-state index is 0.229. The molecule has 1 saturated heterocycles. The zero-order valence-corrected chi connectivity index (χ0v) is 13.3. The molecular formula is C17H24N3O3+. The van der Waals surface area contributed by atoms with E-state index in [2.05, 4.69) is 0 Å². The molecule has 1 atom stereocenters. The van der Waals surface area contributed by atoms with Gasteiger partial charge in [0.15, 0.2) is 0 Å². The molecule has 23 heavy (non-hydrogen) atoms. The summed E-state index contributed by atoms with van der Waals surface area (Å²) in [4.78, 5) is 13.4. The van der Waals surface area contributed by atoms with Crippen molar-refractivity contribution in [3.05, 3.63) is 29.8 Å². The summed E-state index contributed by atoms with van der Waals surface area (Å²) in [6.07, 6.45) is 2.07. The van der Waals surface area contributed by atoms with Crippen molar-refractivity contribution < 1.29 is 20.0 Å². The highest BCUT2D eigenvalue weighted by Crippen LogP contribution is 2.11. The fraction of sp³-hybridized carbons (Fsp3) is 0.529. The molecule has 6 heteroatoms. The van der Waals surface area contributed by atoms with Gasteiger partial charge in [-0.3, -0.25) is 4.79 Å². The van der Waals surface area contributed by atoms with E-state index in [4.69, 9.17) is 10.00 Å². The summed E-state index contributed by atoms with van der Waals surface area (Å²) < 4.78 is 5.49. The highest BCUT2D eigenvalue weighted by atomic mass is 16.5. The predicted molar refractivity (Wildman–Crippen MR) is 84.7 cm³/mol. The Morgan fingerprint density at radius 3 is 2.83 bits per heavy atom. The van der Waals surface area contributed by atoms with Crippen LogP contribution in [0.2, 0.25) is 0 Å². The minimum atomic E-state index is -0.543. The number of nitriles is 1. The maximum absolute atomic E-state index is 11.4. The minimum Gasteiger partial charge on any atom is -0.491 e. The fourth-order valence-electron chi connectivity index (χ4n) is 2.56. The van der Waals surface area contributed by atoms with Gasteiger partial charge in [-0.05, 0) is 30.7 Å².